The minimum Gasteiger partial charge on any atom is -0.315 e. The van der Waals surface area contributed by atoms with Gasteiger partial charge in [0.2, 0.25) is 0 Å². The van der Waals surface area contributed by atoms with Gasteiger partial charge in [0.25, 0.3) is 0 Å². The number of likely N-dealkylation sites (N-methyl/N-ethyl adjacent to an activating group) is 2. The van der Waals surface area contributed by atoms with Gasteiger partial charge in [-0.3, -0.25) is 0 Å². The number of nitrogens with one attached hydrogen (secondary N) is 1. The maximum Gasteiger partial charge on any atom is 0.0246 e. The van der Waals surface area contributed by atoms with Crippen LogP contribution in [0.15, 0.2) is 0 Å². The van der Waals surface area contributed by atoms with Crippen LogP contribution in [0.3, 0.4) is 0 Å². The van der Waals surface area contributed by atoms with E-state index in [1.165, 1.54) is 57.9 Å². The van der Waals surface area contributed by atoms with Crippen LogP contribution in [0.1, 0.15) is 51.4 Å². The minimum absolute atomic E-state index is 0.729. The van der Waals surface area contributed by atoms with Crippen LogP contribution in [0.4, 0.5) is 0 Å². The van der Waals surface area contributed by atoms with Crippen molar-refractivity contribution in [3.8, 4) is 0 Å². The second-order valence-corrected chi connectivity index (χ2v) is 5.84. The summed E-state index contributed by atoms with van der Waals surface area (Å²) in [5.41, 5.74) is 0. The van der Waals surface area contributed by atoms with Crippen molar-refractivity contribution < 1.29 is 0 Å². The third kappa shape index (κ3) is 2.98. The van der Waals surface area contributed by atoms with E-state index in [0.717, 1.165) is 18.0 Å². The van der Waals surface area contributed by atoms with Crippen LogP contribution in [-0.2, 0) is 0 Å². The Hall–Kier alpha value is -0.0800. The summed E-state index contributed by atoms with van der Waals surface area (Å²) >= 11 is 0. The van der Waals surface area contributed by atoms with E-state index in [4.69, 9.17) is 0 Å². The molecule has 2 aliphatic rings. The van der Waals surface area contributed by atoms with Crippen molar-refractivity contribution >= 4 is 0 Å². The fourth-order valence-corrected chi connectivity index (χ4v) is 3.37. The highest BCUT2D eigenvalue weighted by molar-refractivity contribution is 4.86. The molecule has 1 N–H and O–H groups in total. The van der Waals surface area contributed by atoms with Gasteiger partial charge in [0, 0.05) is 18.6 Å². The Bertz CT molecular complexity index is 201. The largest absolute Gasteiger partial charge is 0.315 e. The van der Waals surface area contributed by atoms with E-state index in [1.807, 2.05) is 0 Å². The topological polar surface area (TPSA) is 15.3 Å². The Balaban J connectivity index is 1.86. The molecule has 2 atom stereocenters. The second-order valence-electron chi connectivity index (χ2n) is 5.84. The molecule has 2 unspecified atom stereocenters. The molecule has 0 aromatic rings. The molecule has 2 nitrogen and oxygen atoms in total. The highest BCUT2D eigenvalue weighted by Crippen LogP contribution is 2.29. The highest BCUT2D eigenvalue weighted by atomic mass is 15.2. The Morgan fingerprint density at radius 2 is 1.75 bits per heavy atom. The van der Waals surface area contributed by atoms with Gasteiger partial charge in [-0.05, 0) is 45.7 Å². The molecule has 0 aromatic carbocycles. The van der Waals surface area contributed by atoms with Gasteiger partial charge in [0.05, 0.1) is 0 Å². The molecule has 2 fully saturated rings. The fourth-order valence-electron chi connectivity index (χ4n) is 3.37. The van der Waals surface area contributed by atoms with E-state index in [1.54, 1.807) is 0 Å². The van der Waals surface area contributed by atoms with Crippen LogP contribution in [-0.4, -0.2) is 37.6 Å². The highest BCUT2D eigenvalue weighted by Gasteiger charge is 2.28. The van der Waals surface area contributed by atoms with Crippen LogP contribution < -0.4 is 5.32 Å². The molecule has 2 saturated carbocycles. The first-order chi connectivity index (χ1) is 7.81. The number of hydrogen-bond acceptors (Lipinski definition) is 2. The lowest BCUT2D eigenvalue weighted by Crippen LogP contribution is -2.48. The summed E-state index contributed by atoms with van der Waals surface area (Å²) in [7, 11) is 4.48. The first-order valence-corrected chi connectivity index (χ1v) is 7.18. The zero-order valence-electron chi connectivity index (χ0n) is 11.0. The van der Waals surface area contributed by atoms with E-state index < -0.39 is 0 Å². The predicted octanol–water partition coefficient (Wildman–Crippen LogP) is 2.64. The smallest absolute Gasteiger partial charge is 0.0246 e. The average Bonchev–Trinajstić information content (AvgIpc) is 2.47. The molecule has 0 spiro atoms. The van der Waals surface area contributed by atoms with Crippen LogP contribution in [0.5, 0.6) is 0 Å². The van der Waals surface area contributed by atoms with E-state index in [9.17, 15) is 0 Å². The molecule has 2 aliphatic carbocycles. The van der Waals surface area contributed by atoms with E-state index >= 15 is 0 Å². The zero-order chi connectivity index (χ0) is 11.4. The van der Waals surface area contributed by atoms with Crippen molar-refractivity contribution in [3.05, 3.63) is 0 Å². The van der Waals surface area contributed by atoms with Gasteiger partial charge in [-0.2, -0.15) is 0 Å². The summed E-state index contributed by atoms with van der Waals surface area (Å²) in [5.74, 6) is 1.01. The number of hydrogen-bond donors (Lipinski definition) is 1. The van der Waals surface area contributed by atoms with E-state index in [-0.39, 0.29) is 0 Å². The van der Waals surface area contributed by atoms with Crippen LogP contribution in [0, 0.1) is 5.92 Å². The lowest BCUT2D eigenvalue weighted by Gasteiger charge is -2.38. The van der Waals surface area contributed by atoms with Gasteiger partial charge in [0.15, 0.2) is 0 Å². The van der Waals surface area contributed by atoms with Gasteiger partial charge >= 0.3 is 0 Å². The Morgan fingerprint density at radius 1 is 1.00 bits per heavy atom. The second kappa shape index (κ2) is 6.02. The van der Waals surface area contributed by atoms with Crippen LogP contribution in [0.25, 0.3) is 0 Å². The SMILES string of the molecule is CNC1CCCCCC1N(C)CC1CCC1. The molecule has 94 valence electrons. The summed E-state index contributed by atoms with van der Waals surface area (Å²) in [6, 6.07) is 1.51. The van der Waals surface area contributed by atoms with Crippen molar-refractivity contribution in [2.75, 3.05) is 20.6 Å². The van der Waals surface area contributed by atoms with Gasteiger partial charge in [0.1, 0.15) is 0 Å². The zero-order valence-corrected chi connectivity index (χ0v) is 11.0. The summed E-state index contributed by atoms with van der Waals surface area (Å²) < 4.78 is 0. The maximum atomic E-state index is 3.54. The summed E-state index contributed by atoms with van der Waals surface area (Å²) in [5, 5.41) is 3.54. The molecule has 0 amide bonds. The van der Waals surface area contributed by atoms with Gasteiger partial charge in [-0.25, -0.2) is 0 Å². The lowest BCUT2D eigenvalue weighted by molar-refractivity contribution is 0.132. The lowest BCUT2D eigenvalue weighted by atomic mass is 9.84. The van der Waals surface area contributed by atoms with Crippen molar-refractivity contribution in [1.29, 1.82) is 0 Å². The number of nitrogens with zero attached hydrogens (tertiary/aromatic N) is 1. The van der Waals surface area contributed by atoms with Crippen molar-refractivity contribution in [1.82, 2.24) is 10.2 Å². The molecule has 0 aliphatic heterocycles. The predicted molar refractivity (Wildman–Crippen MR) is 69.7 cm³/mol. The molecular formula is C14H28N2. The third-order valence-corrected chi connectivity index (χ3v) is 4.69. The van der Waals surface area contributed by atoms with Gasteiger partial charge in [-0.15, -0.1) is 0 Å². The molecule has 0 bridgehead atoms. The average molecular weight is 224 g/mol. The normalized spacial score (nSPS) is 32.4. The molecular weight excluding hydrogens is 196 g/mol. The fraction of sp³-hybridized carbons (Fsp3) is 1.00. The van der Waals surface area contributed by atoms with Crippen LogP contribution in [0.2, 0.25) is 0 Å². The van der Waals surface area contributed by atoms with E-state index in [0.29, 0.717) is 0 Å². The minimum atomic E-state index is 0.729. The van der Waals surface area contributed by atoms with Crippen molar-refractivity contribution in [2.24, 2.45) is 5.92 Å². The molecule has 2 rings (SSSR count). The molecule has 0 aromatic heterocycles. The Morgan fingerprint density at radius 3 is 2.38 bits per heavy atom. The van der Waals surface area contributed by atoms with Gasteiger partial charge < -0.3 is 10.2 Å². The van der Waals surface area contributed by atoms with Crippen molar-refractivity contribution in [3.63, 3.8) is 0 Å². The quantitative estimate of drug-likeness (QED) is 0.739. The standard InChI is InChI=1S/C14H28N2/c1-15-13-9-4-3-5-10-14(13)16(2)11-12-7-6-8-12/h12-15H,3-11H2,1-2H3. The maximum absolute atomic E-state index is 3.54. The van der Waals surface area contributed by atoms with Crippen LogP contribution >= 0.6 is 0 Å². The first-order valence-electron chi connectivity index (χ1n) is 7.18. The Labute approximate surface area is 101 Å². The first kappa shape index (κ1) is 12.4. The molecule has 0 saturated heterocycles. The summed E-state index contributed by atoms with van der Waals surface area (Å²) in [6.07, 6.45) is 11.5. The summed E-state index contributed by atoms with van der Waals surface area (Å²) in [6.45, 7) is 1.34. The van der Waals surface area contributed by atoms with E-state index in [2.05, 4.69) is 24.3 Å². The molecule has 16 heavy (non-hydrogen) atoms. The monoisotopic (exact) mass is 224 g/mol. The molecule has 2 heteroatoms. The number of rotatable bonds is 4. The van der Waals surface area contributed by atoms with Gasteiger partial charge in [-0.1, -0.05) is 25.7 Å². The summed E-state index contributed by atoms with van der Waals surface area (Å²) in [4.78, 5) is 2.65. The Kier molecular flexibility index (Phi) is 4.66. The third-order valence-electron chi connectivity index (χ3n) is 4.69. The van der Waals surface area contributed by atoms with Crippen molar-refractivity contribution in [2.45, 2.75) is 63.5 Å². The molecule has 0 heterocycles. The molecule has 0 radical (unpaired) electrons.